The van der Waals surface area contributed by atoms with Gasteiger partial charge in [0.05, 0.1) is 6.54 Å². The maximum Gasteiger partial charge on any atom is 0.321 e. The van der Waals surface area contributed by atoms with Gasteiger partial charge in [-0.2, -0.15) is 0 Å². The molecule has 174 valence electrons. The lowest BCUT2D eigenvalue weighted by atomic mass is 9.84. The number of urea groups is 1. The van der Waals surface area contributed by atoms with Crippen molar-refractivity contribution in [1.82, 2.24) is 20.4 Å². The van der Waals surface area contributed by atoms with Crippen molar-refractivity contribution in [3.63, 3.8) is 0 Å². The Morgan fingerprint density at radius 3 is 2.50 bits per heavy atom. The molecule has 4 rings (SSSR count). The standard InChI is InChI=1S/C24H33FN4O3/c1-15-3-5-19(13-21(15)25)23(31)29-9-7-28(8-10-29)14-22(30)27-24(32)26-16(2)20-12-17-4-6-18(20)11-17/h3,5,13,16-18,20H,4,6-12,14H2,1-2H3,(H2,26,27,30,32). The molecule has 2 bridgehead atoms. The SMILES string of the molecule is Cc1ccc(C(=O)N2CCN(CC(=O)NC(=O)NC(C)C3CC4CCC3C4)CC2)cc1F. The molecule has 2 aliphatic carbocycles. The Bertz CT molecular complexity index is 884. The second-order valence-corrected chi connectivity index (χ2v) is 9.68. The molecule has 1 saturated heterocycles. The van der Waals surface area contributed by atoms with Crippen LogP contribution in [0.2, 0.25) is 0 Å². The van der Waals surface area contributed by atoms with E-state index >= 15 is 0 Å². The van der Waals surface area contributed by atoms with Crippen molar-refractivity contribution in [2.24, 2.45) is 17.8 Å². The number of fused-ring (bicyclic) bond motifs is 2. The highest BCUT2D eigenvalue weighted by Crippen LogP contribution is 2.49. The Morgan fingerprint density at radius 1 is 1.12 bits per heavy atom. The Labute approximate surface area is 188 Å². The molecule has 7 nitrogen and oxygen atoms in total. The van der Waals surface area contributed by atoms with E-state index in [1.807, 2.05) is 11.8 Å². The number of imide groups is 1. The van der Waals surface area contributed by atoms with Gasteiger partial charge in [-0.15, -0.1) is 0 Å². The normalized spacial score (nSPS) is 26.1. The molecule has 0 aromatic heterocycles. The van der Waals surface area contributed by atoms with Crippen LogP contribution in [-0.4, -0.2) is 66.4 Å². The minimum atomic E-state index is -0.430. The van der Waals surface area contributed by atoms with E-state index in [9.17, 15) is 18.8 Å². The number of piperazine rings is 1. The lowest BCUT2D eigenvalue weighted by Crippen LogP contribution is -2.53. The average molecular weight is 445 g/mol. The fourth-order valence-corrected chi connectivity index (χ4v) is 5.64. The fraction of sp³-hybridized carbons (Fsp3) is 0.625. The molecule has 1 aliphatic heterocycles. The van der Waals surface area contributed by atoms with Gasteiger partial charge in [0.2, 0.25) is 5.91 Å². The van der Waals surface area contributed by atoms with Crippen molar-refractivity contribution >= 4 is 17.8 Å². The quantitative estimate of drug-likeness (QED) is 0.731. The van der Waals surface area contributed by atoms with Gasteiger partial charge >= 0.3 is 6.03 Å². The van der Waals surface area contributed by atoms with Crippen LogP contribution in [0.15, 0.2) is 18.2 Å². The first kappa shape index (κ1) is 22.7. The van der Waals surface area contributed by atoms with E-state index in [1.54, 1.807) is 24.0 Å². The molecular formula is C24H33FN4O3. The van der Waals surface area contributed by atoms with E-state index in [1.165, 1.54) is 31.7 Å². The van der Waals surface area contributed by atoms with Crippen LogP contribution >= 0.6 is 0 Å². The number of nitrogens with one attached hydrogen (secondary N) is 2. The van der Waals surface area contributed by atoms with Crippen LogP contribution in [0.4, 0.5) is 9.18 Å². The van der Waals surface area contributed by atoms with E-state index in [-0.39, 0.29) is 30.2 Å². The predicted octanol–water partition coefficient (Wildman–Crippen LogP) is 2.54. The topological polar surface area (TPSA) is 81.8 Å². The summed E-state index contributed by atoms with van der Waals surface area (Å²) >= 11 is 0. The summed E-state index contributed by atoms with van der Waals surface area (Å²) < 4.78 is 13.8. The molecular weight excluding hydrogens is 411 g/mol. The van der Waals surface area contributed by atoms with Crippen LogP contribution < -0.4 is 10.6 Å². The van der Waals surface area contributed by atoms with Gasteiger partial charge in [-0.3, -0.25) is 19.8 Å². The molecule has 32 heavy (non-hydrogen) atoms. The van der Waals surface area contributed by atoms with Crippen molar-refractivity contribution < 1.29 is 18.8 Å². The van der Waals surface area contributed by atoms with Gasteiger partial charge in [0.1, 0.15) is 5.82 Å². The summed E-state index contributed by atoms with van der Waals surface area (Å²) in [6.07, 6.45) is 5.04. The molecule has 2 saturated carbocycles. The Morgan fingerprint density at radius 2 is 1.88 bits per heavy atom. The minimum absolute atomic E-state index is 0.0688. The molecule has 1 heterocycles. The molecule has 2 N–H and O–H groups in total. The van der Waals surface area contributed by atoms with Gasteiger partial charge in [-0.1, -0.05) is 12.5 Å². The number of carbonyl (C=O) groups excluding carboxylic acids is 3. The number of benzene rings is 1. The number of hydrogen-bond donors (Lipinski definition) is 2. The van der Waals surface area contributed by atoms with Crippen LogP contribution in [0.1, 0.15) is 48.5 Å². The maximum absolute atomic E-state index is 13.8. The largest absolute Gasteiger partial charge is 0.336 e. The van der Waals surface area contributed by atoms with Gasteiger partial charge in [-0.25, -0.2) is 9.18 Å². The van der Waals surface area contributed by atoms with E-state index < -0.39 is 6.03 Å². The summed E-state index contributed by atoms with van der Waals surface area (Å²) in [5.41, 5.74) is 0.840. The van der Waals surface area contributed by atoms with Gasteiger partial charge in [0.15, 0.2) is 0 Å². The Hall–Kier alpha value is -2.48. The molecule has 0 radical (unpaired) electrons. The maximum atomic E-state index is 13.8. The van der Waals surface area contributed by atoms with Gasteiger partial charge in [-0.05, 0) is 68.6 Å². The predicted molar refractivity (Wildman–Crippen MR) is 119 cm³/mol. The van der Waals surface area contributed by atoms with Crippen LogP contribution in [0.5, 0.6) is 0 Å². The number of rotatable bonds is 5. The summed E-state index contributed by atoms with van der Waals surface area (Å²) in [5, 5.41) is 5.39. The summed E-state index contributed by atoms with van der Waals surface area (Å²) in [6.45, 7) is 5.76. The lowest BCUT2D eigenvalue weighted by Gasteiger charge is -2.34. The number of aryl methyl sites for hydroxylation is 1. The van der Waals surface area contributed by atoms with Crippen LogP contribution in [0.3, 0.4) is 0 Å². The van der Waals surface area contributed by atoms with Gasteiger partial charge < -0.3 is 10.2 Å². The molecule has 8 heteroatoms. The number of carbonyl (C=O) groups is 3. The smallest absolute Gasteiger partial charge is 0.321 e. The van der Waals surface area contributed by atoms with Crippen molar-refractivity contribution in [3.8, 4) is 0 Å². The first-order valence-corrected chi connectivity index (χ1v) is 11.7. The molecule has 0 spiro atoms. The molecule has 1 aromatic rings. The molecule has 3 aliphatic rings. The summed E-state index contributed by atoms with van der Waals surface area (Å²) in [5.74, 6) is 1.10. The highest BCUT2D eigenvalue weighted by molar-refractivity contribution is 5.95. The van der Waals surface area contributed by atoms with Gasteiger partial charge in [0.25, 0.3) is 5.91 Å². The lowest BCUT2D eigenvalue weighted by molar-refractivity contribution is -0.121. The second kappa shape index (κ2) is 9.57. The third-order valence-corrected chi connectivity index (χ3v) is 7.49. The highest BCUT2D eigenvalue weighted by atomic mass is 19.1. The van der Waals surface area contributed by atoms with Crippen LogP contribution in [0, 0.1) is 30.5 Å². The number of amides is 4. The minimum Gasteiger partial charge on any atom is -0.336 e. The Balaban J connectivity index is 1.18. The van der Waals surface area contributed by atoms with Crippen molar-refractivity contribution in [2.75, 3.05) is 32.7 Å². The fourth-order valence-electron chi connectivity index (χ4n) is 5.64. The zero-order valence-electron chi connectivity index (χ0n) is 18.9. The molecule has 3 fully saturated rings. The summed E-state index contributed by atoms with van der Waals surface area (Å²) in [4.78, 5) is 40.8. The van der Waals surface area contributed by atoms with Crippen molar-refractivity contribution in [2.45, 2.75) is 45.6 Å². The average Bonchev–Trinajstić information content (AvgIpc) is 3.39. The first-order chi connectivity index (χ1) is 15.3. The summed E-state index contributed by atoms with van der Waals surface area (Å²) in [7, 11) is 0. The second-order valence-electron chi connectivity index (χ2n) is 9.68. The third-order valence-electron chi connectivity index (χ3n) is 7.49. The van der Waals surface area contributed by atoms with E-state index in [0.717, 1.165) is 5.92 Å². The first-order valence-electron chi connectivity index (χ1n) is 11.7. The number of hydrogen-bond acceptors (Lipinski definition) is 4. The molecule has 1 aromatic carbocycles. The number of halogens is 1. The van der Waals surface area contributed by atoms with E-state index in [2.05, 4.69) is 10.6 Å². The van der Waals surface area contributed by atoms with Crippen LogP contribution in [-0.2, 0) is 4.79 Å². The molecule has 4 atom stereocenters. The van der Waals surface area contributed by atoms with Gasteiger partial charge in [0, 0.05) is 37.8 Å². The highest BCUT2D eigenvalue weighted by Gasteiger charge is 2.42. The van der Waals surface area contributed by atoms with Crippen molar-refractivity contribution in [3.05, 3.63) is 35.1 Å². The van der Waals surface area contributed by atoms with Crippen LogP contribution in [0.25, 0.3) is 0 Å². The van der Waals surface area contributed by atoms with E-state index in [0.29, 0.717) is 49.1 Å². The third kappa shape index (κ3) is 5.11. The van der Waals surface area contributed by atoms with Crippen molar-refractivity contribution in [1.29, 1.82) is 0 Å². The molecule has 4 unspecified atom stereocenters. The molecule has 4 amide bonds. The monoisotopic (exact) mass is 444 g/mol. The zero-order valence-corrected chi connectivity index (χ0v) is 18.9. The Kier molecular flexibility index (Phi) is 6.79. The van der Waals surface area contributed by atoms with E-state index in [4.69, 9.17) is 0 Å². The zero-order chi connectivity index (χ0) is 22.8. The summed E-state index contributed by atoms with van der Waals surface area (Å²) in [6, 6.07) is 4.15. The number of nitrogens with zero attached hydrogens (tertiary/aromatic N) is 2.